The molecule has 0 unspecified atom stereocenters. The normalized spacial score (nSPS) is 23.5. The van der Waals surface area contributed by atoms with Gasteiger partial charge in [0.25, 0.3) is 5.82 Å². The number of aromatic amines is 2. The zero-order chi connectivity index (χ0) is 29.6. The molecule has 1 aromatic carbocycles. The average Bonchev–Trinajstić information content (AvgIpc) is 3.43. The fraction of sp³-hybridized carbons (Fsp3) is 0.417. The molecular formula is C24H27F5N7O4+. The van der Waals surface area contributed by atoms with Crippen molar-refractivity contribution < 1.29 is 46.4 Å². The first-order valence-electron chi connectivity index (χ1n) is 12.0. The Labute approximate surface area is 223 Å². The molecule has 1 aliphatic rings. The van der Waals surface area contributed by atoms with E-state index in [1.165, 1.54) is 13.0 Å². The lowest BCUT2D eigenvalue weighted by Gasteiger charge is -2.32. The van der Waals surface area contributed by atoms with Gasteiger partial charge in [0.05, 0.1) is 25.1 Å². The van der Waals surface area contributed by atoms with E-state index in [9.17, 15) is 32.0 Å². The van der Waals surface area contributed by atoms with E-state index < -0.39 is 58.8 Å². The van der Waals surface area contributed by atoms with E-state index in [2.05, 4.69) is 25.4 Å². The summed E-state index contributed by atoms with van der Waals surface area (Å²) in [4.78, 5) is 22.1. The van der Waals surface area contributed by atoms with Crippen molar-refractivity contribution >= 4 is 28.6 Å². The number of oxime groups is 1. The van der Waals surface area contributed by atoms with Gasteiger partial charge in [-0.1, -0.05) is 18.1 Å². The lowest BCUT2D eigenvalue weighted by molar-refractivity contribution is -0.361. The maximum atomic E-state index is 14.7. The number of amidine groups is 1. The van der Waals surface area contributed by atoms with Crippen LogP contribution in [-0.4, -0.2) is 52.3 Å². The number of carbonyl (C=O) groups is 1. The number of benzene rings is 1. The highest BCUT2D eigenvalue weighted by Crippen LogP contribution is 2.59. The van der Waals surface area contributed by atoms with Gasteiger partial charge in [-0.15, -0.1) is 0 Å². The second-order valence-corrected chi connectivity index (χ2v) is 9.46. The lowest BCUT2D eigenvalue weighted by atomic mass is 9.77. The van der Waals surface area contributed by atoms with Crippen LogP contribution in [0.15, 0.2) is 23.4 Å². The average molecular weight is 573 g/mol. The number of nitrogens with zero attached hydrogens (tertiary/aromatic N) is 2. The fourth-order valence-corrected chi connectivity index (χ4v) is 4.91. The van der Waals surface area contributed by atoms with Gasteiger partial charge in [0.15, 0.2) is 22.9 Å². The van der Waals surface area contributed by atoms with Crippen molar-refractivity contribution in [1.29, 1.82) is 0 Å². The van der Waals surface area contributed by atoms with Gasteiger partial charge in [-0.25, -0.2) is 24.5 Å². The Morgan fingerprint density at radius 1 is 1.38 bits per heavy atom. The number of halogens is 5. The number of alkyl halides is 3. The minimum absolute atomic E-state index is 0.0133. The first-order chi connectivity index (χ1) is 18.8. The Hall–Kier alpha value is -4.05. The zero-order valence-electron chi connectivity index (χ0n) is 21.5. The molecule has 1 aliphatic heterocycles. The summed E-state index contributed by atoms with van der Waals surface area (Å²) >= 11 is 0. The highest BCUT2D eigenvalue weighted by Gasteiger charge is 2.65. The van der Waals surface area contributed by atoms with Crippen LogP contribution in [0, 0.1) is 17.6 Å². The van der Waals surface area contributed by atoms with Crippen molar-refractivity contribution in [1.82, 2.24) is 9.97 Å². The number of amides is 1. The molecule has 1 amide bonds. The van der Waals surface area contributed by atoms with E-state index in [0.717, 1.165) is 26.2 Å². The summed E-state index contributed by atoms with van der Waals surface area (Å²) in [5, 5.41) is 14.8. The van der Waals surface area contributed by atoms with Crippen molar-refractivity contribution in [3.63, 3.8) is 0 Å². The summed E-state index contributed by atoms with van der Waals surface area (Å²) in [6.07, 6.45) is -6.34. The van der Waals surface area contributed by atoms with Crippen LogP contribution in [0.3, 0.4) is 0 Å². The molecule has 0 bridgehead atoms. The number of carbonyl (C=O) groups excluding carboxylic acids is 1. The van der Waals surface area contributed by atoms with Crippen molar-refractivity contribution in [2.24, 2.45) is 22.5 Å². The molecule has 1 fully saturated rings. The third-order valence-corrected chi connectivity index (χ3v) is 7.13. The van der Waals surface area contributed by atoms with E-state index in [-0.39, 0.29) is 46.9 Å². The summed E-state index contributed by atoms with van der Waals surface area (Å²) in [5.41, 5.74) is 8.55. The molecule has 16 heteroatoms. The minimum Gasteiger partial charge on any atom is -0.493 e. The summed E-state index contributed by atoms with van der Waals surface area (Å²) in [5.74, 6) is -6.67. The number of pyridine rings is 1. The van der Waals surface area contributed by atoms with Gasteiger partial charge in [0.2, 0.25) is 11.7 Å². The van der Waals surface area contributed by atoms with Crippen LogP contribution in [0.2, 0.25) is 0 Å². The van der Waals surface area contributed by atoms with Crippen molar-refractivity contribution in [3.8, 4) is 5.75 Å². The monoisotopic (exact) mass is 572 g/mol. The van der Waals surface area contributed by atoms with Gasteiger partial charge in [-0.3, -0.25) is 0 Å². The highest BCUT2D eigenvalue weighted by atomic mass is 19.4. The zero-order valence-corrected chi connectivity index (χ0v) is 21.5. The highest BCUT2D eigenvalue weighted by molar-refractivity contribution is 6.04. The first-order valence-corrected chi connectivity index (χ1v) is 12.0. The number of aromatic nitrogens is 3. The fourth-order valence-electron chi connectivity index (χ4n) is 4.91. The number of anilines is 1. The molecule has 0 spiro atoms. The summed E-state index contributed by atoms with van der Waals surface area (Å²) in [6.45, 7) is 2.21. The predicted molar refractivity (Wildman–Crippen MR) is 131 cm³/mol. The molecule has 8 N–H and O–H groups in total. The van der Waals surface area contributed by atoms with E-state index in [0.29, 0.717) is 0 Å². The maximum absolute atomic E-state index is 14.7. The number of nitrogens with two attached hydrogens (primary N) is 2. The number of methoxy groups -OCH3 is 1. The second-order valence-electron chi connectivity index (χ2n) is 9.46. The molecule has 4 rings (SSSR count). The van der Waals surface area contributed by atoms with Crippen molar-refractivity contribution in [2.45, 2.75) is 44.1 Å². The summed E-state index contributed by atoms with van der Waals surface area (Å²) in [6, 6.07) is 3.32. The molecule has 0 aliphatic carbocycles. The summed E-state index contributed by atoms with van der Waals surface area (Å²) in [7, 11) is 1.07. The Bertz CT molecular complexity index is 1480. The quantitative estimate of drug-likeness (QED) is 0.0951. The van der Waals surface area contributed by atoms with Gasteiger partial charge in [-0.05, 0) is 13.0 Å². The molecule has 3 heterocycles. The lowest BCUT2D eigenvalue weighted by Crippen LogP contribution is -2.46. The van der Waals surface area contributed by atoms with Gasteiger partial charge in [-0.2, -0.15) is 17.6 Å². The van der Waals surface area contributed by atoms with Crippen LogP contribution in [0.4, 0.5) is 27.8 Å². The van der Waals surface area contributed by atoms with Gasteiger partial charge in [0.1, 0.15) is 17.4 Å². The Morgan fingerprint density at radius 3 is 2.67 bits per heavy atom. The third-order valence-electron chi connectivity index (χ3n) is 7.13. The van der Waals surface area contributed by atoms with Crippen LogP contribution in [-0.2, 0) is 9.53 Å². The van der Waals surface area contributed by atoms with Gasteiger partial charge in [0, 0.05) is 23.9 Å². The van der Waals surface area contributed by atoms with Crippen molar-refractivity contribution in [3.05, 3.63) is 46.9 Å². The standard InChI is InChI=1S/C24H26F5N7O4/c1-9-15(10-4-5-11(25)16(26)19(10)39-3)20(40-23(9,2)24(27,28)29)22-32-12-8-13(33-14(37)6-7-30)34-18(17(12)35-22)21(31)36-38/h4-5,8-9,15,20,38H,6-7,30H2,1-3H3,(H2,31,36)(H,32,35)(H,33,34,37)/p+1/t9-,15-,20+,23+/m0/s1. The first kappa shape index (κ1) is 28.9. The maximum Gasteiger partial charge on any atom is 0.417 e. The number of H-pyrrole nitrogens is 2. The predicted octanol–water partition coefficient (Wildman–Crippen LogP) is 2.86. The topological polar surface area (TPSA) is 175 Å². The number of nitrogens with one attached hydrogen (secondary N) is 3. The molecule has 3 aromatic rings. The molecule has 1 saturated heterocycles. The minimum atomic E-state index is -4.86. The van der Waals surface area contributed by atoms with Crippen LogP contribution >= 0.6 is 0 Å². The number of ether oxygens (including phenoxy) is 2. The van der Waals surface area contributed by atoms with Crippen LogP contribution in [0.25, 0.3) is 11.0 Å². The molecule has 2 aromatic heterocycles. The molecule has 0 radical (unpaired) electrons. The number of imidazole rings is 1. The molecule has 0 saturated carbocycles. The number of hydrogen-bond acceptors (Lipinski definition) is 7. The third kappa shape index (κ3) is 4.77. The van der Waals surface area contributed by atoms with E-state index in [4.69, 9.17) is 20.9 Å². The number of hydrogen-bond donors (Lipinski definition) is 5. The Balaban J connectivity index is 1.92. The molecule has 40 heavy (non-hydrogen) atoms. The van der Waals surface area contributed by atoms with E-state index in [1.54, 1.807) is 0 Å². The number of fused-ring (bicyclic) bond motifs is 1. The van der Waals surface area contributed by atoms with Crippen LogP contribution in [0.1, 0.15) is 49.4 Å². The van der Waals surface area contributed by atoms with Crippen LogP contribution in [0.5, 0.6) is 5.75 Å². The second kappa shape index (κ2) is 10.5. The molecular weight excluding hydrogens is 545 g/mol. The van der Waals surface area contributed by atoms with Crippen molar-refractivity contribution in [2.75, 3.05) is 19.0 Å². The Kier molecular flexibility index (Phi) is 7.60. The van der Waals surface area contributed by atoms with E-state index in [1.807, 2.05) is 0 Å². The van der Waals surface area contributed by atoms with Gasteiger partial charge < -0.3 is 31.1 Å². The summed E-state index contributed by atoms with van der Waals surface area (Å²) < 4.78 is 82.3. The molecule has 4 atom stereocenters. The van der Waals surface area contributed by atoms with Gasteiger partial charge >= 0.3 is 12.1 Å². The SMILES string of the molecule is COc1c([C@H]2[C@H](c3nc4c(/C(N)=N/O)[nH+]c(NC(=O)CCN)cc4[nH]3)O[C@@](C)(C(F)(F)F)[C@H]2C)ccc(F)c1F. The number of rotatable bonds is 7. The van der Waals surface area contributed by atoms with Crippen LogP contribution < -0.4 is 26.5 Å². The Morgan fingerprint density at radius 2 is 2.08 bits per heavy atom. The molecule has 11 nitrogen and oxygen atoms in total. The van der Waals surface area contributed by atoms with E-state index >= 15 is 0 Å². The largest absolute Gasteiger partial charge is 0.493 e. The molecule has 216 valence electrons. The smallest absolute Gasteiger partial charge is 0.417 e.